The number of nitrogens with two attached hydrogens (primary N) is 1. The summed E-state index contributed by atoms with van der Waals surface area (Å²) >= 11 is 0. The van der Waals surface area contributed by atoms with E-state index in [0.29, 0.717) is 0 Å². The lowest BCUT2D eigenvalue weighted by molar-refractivity contribution is 0.198. The zero-order valence-electron chi connectivity index (χ0n) is 19.9. The molecule has 0 spiro atoms. The predicted octanol–water partition coefficient (Wildman–Crippen LogP) is 4.44. The Bertz CT molecular complexity index is 796. The van der Waals surface area contributed by atoms with E-state index in [-0.39, 0.29) is 6.04 Å². The normalized spacial score (nSPS) is 22.7. The zero-order valence-corrected chi connectivity index (χ0v) is 19.9. The van der Waals surface area contributed by atoms with Crippen molar-refractivity contribution in [1.82, 2.24) is 9.80 Å². The van der Waals surface area contributed by atoms with E-state index in [0.717, 1.165) is 58.3 Å². The summed E-state index contributed by atoms with van der Waals surface area (Å²) in [6, 6.07) is 21.3. The number of hydrogen-bond donors (Lipinski definition) is 1. The van der Waals surface area contributed by atoms with E-state index in [4.69, 9.17) is 17.0 Å². The van der Waals surface area contributed by atoms with E-state index in [1.54, 1.807) is 0 Å². The maximum absolute atomic E-state index is 6.97. The standard InChI is InChI=1S/C12H14N2.C12H18N2.C4H8O/c1-13-12-7-8-14(10-12)9-11-5-3-2-4-6-11;13-8-12-6-7-14(10-12)9-11-4-2-1-3-5-11;1-2-4-5-3-1/h2-6,12H,7-10H2;1-5,12H,6-10,13H2;1-4H2/t2*12-;/m10./s1. The van der Waals surface area contributed by atoms with Crippen LogP contribution in [0.25, 0.3) is 4.85 Å². The van der Waals surface area contributed by atoms with Crippen LogP contribution in [0.2, 0.25) is 0 Å². The van der Waals surface area contributed by atoms with E-state index in [2.05, 4.69) is 69.2 Å². The molecule has 5 heteroatoms. The Morgan fingerprint density at radius 3 is 1.79 bits per heavy atom. The van der Waals surface area contributed by atoms with Crippen LogP contribution in [-0.2, 0) is 17.8 Å². The van der Waals surface area contributed by atoms with Crippen LogP contribution in [-0.4, -0.2) is 61.8 Å². The van der Waals surface area contributed by atoms with Gasteiger partial charge in [-0.25, -0.2) is 6.57 Å². The molecule has 0 unspecified atom stereocenters. The van der Waals surface area contributed by atoms with Crippen LogP contribution in [0.3, 0.4) is 0 Å². The van der Waals surface area contributed by atoms with Gasteiger partial charge in [-0.1, -0.05) is 60.7 Å². The second-order valence-electron chi connectivity index (χ2n) is 9.22. The minimum atomic E-state index is 0.235. The number of rotatable bonds is 5. The lowest BCUT2D eigenvalue weighted by atomic mass is 10.1. The molecule has 2 N–H and O–H groups in total. The molecule has 3 saturated heterocycles. The largest absolute Gasteiger partial charge is 0.381 e. The van der Waals surface area contributed by atoms with Gasteiger partial charge in [-0.05, 0) is 49.4 Å². The summed E-state index contributed by atoms with van der Waals surface area (Å²) in [5.41, 5.74) is 8.42. The Morgan fingerprint density at radius 2 is 1.36 bits per heavy atom. The van der Waals surface area contributed by atoms with Crippen molar-refractivity contribution in [2.45, 2.75) is 44.8 Å². The lowest BCUT2D eigenvalue weighted by Gasteiger charge is -2.15. The fourth-order valence-electron chi connectivity index (χ4n) is 4.50. The maximum Gasteiger partial charge on any atom is 0.237 e. The molecule has 5 rings (SSSR count). The zero-order chi connectivity index (χ0) is 23.1. The van der Waals surface area contributed by atoms with Crippen LogP contribution >= 0.6 is 0 Å². The van der Waals surface area contributed by atoms with Crippen molar-refractivity contribution < 1.29 is 4.74 Å². The summed E-state index contributed by atoms with van der Waals surface area (Å²) in [5, 5.41) is 0. The first-order valence-electron chi connectivity index (χ1n) is 12.4. The van der Waals surface area contributed by atoms with Crippen molar-refractivity contribution in [3.8, 4) is 0 Å². The van der Waals surface area contributed by atoms with Crippen LogP contribution < -0.4 is 5.73 Å². The first-order valence-corrected chi connectivity index (χ1v) is 12.4. The van der Waals surface area contributed by atoms with Crippen LogP contribution in [0.15, 0.2) is 60.7 Å². The molecule has 2 atom stereocenters. The first-order chi connectivity index (χ1) is 16.3. The molecule has 2 aromatic carbocycles. The summed E-state index contributed by atoms with van der Waals surface area (Å²) in [4.78, 5) is 8.44. The molecule has 3 heterocycles. The Kier molecular flexibility index (Phi) is 11.4. The Labute approximate surface area is 200 Å². The van der Waals surface area contributed by atoms with Crippen LogP contribution in [0, 0.1) is 12.5 Å². The second-order valence-corrected chi connectivity index (χ2v) is 9.22. The fraction of sp³-hybridized carbons (Fsp3) is 0.536. The lowest BCUT2D eigenvalue weighted by Crippen LogP contribution is -2.22. The molecule has 3 fully saturated rings. The summed E-state index contributed by atoms with van der Waals surface area (Å²) in [6.07, 6.45) is 4.86. The van der Waals surface area contributed by atoms with Crippen LogP contribution in [0.1, 0.15) is 36.8 Å². The molecular formula is C28H40N4O. The number of hydrogen-bond acceptors (Lipinski definition) is 4. The minimum absolute atomic E-state index is 0.235. The fourth-order valence-corrected chi connectivity index (χ4v) is 4.50. The highest BCUT2D eigenvalue weighted by atomic mass is 16.5. The van der Waals surface area contributed by atoms with Gasteiger partial charge in [-0.15, -0.1) is 0 Å². The van der Waals surface area contributed by atoms with Gasteiger partial charge < -0.3 is 15.3 Å². The van der Waals surface area contributed by atoms with E-state index in [9.17, 15) is 0 Å². The highest BCUT2D eigenvalue weighted by molar-refractivity contribution is 5.15. The molecule has 5 nitrogen and oxygen atoms in total. The van der Waals surface area contributed by atoms with Crippen molar-refractivity contribution in [2.24, 2.45) is 11.7 Å². The number of benzene rings is 2. The molecule has 0 bridgehead atoms. The van der Waals surface area contributed by atoms with E-state index < -0.39 is 0 Å². The average Bonchev–Trinajstić information content (AvgIpc) is 3.65. The molecule has 33 heavy (non-hydrogen) atoms. The van der Waals surface area contributed by atoms with E-state index in [1.807, 2.05) is 6.07 Å². The van der Waals surface area contributed by atoms with Gasteiger partial charge in [-0.2, -0.15) is 0 Å². The summed E-state index contributed by atoms with van der Waals surface area (Å²) in [5.74, 6) is 0.721. The molecule has 0 amide bonds. The third-order valence-corrected chi connectivity index (χ3v) is 6.46. The number of nitrogens with zero attached hydrogens (tertiary/aromatic N) is 3. The molecule has 178 valence electrons. The van der Waals surface area contributed by atoms with E-state index >= 15 is 0 Å². The Hall–Kier alpha value is -2.23. The SMILES string of the molecule is C1CCOC1.NC[C@@H]1CCN(Cc2ccccc2)C1.[C-]#[N+][C@@H]1CCN(Cc2ccccc2)C1. The van der Waals surface area contributed by atoms with Gasteiger partial charge in [0.25, 0.3) is 0 Å². The van der Waals surface area contributed by atoms with Gasteiger partial charge in [0.2, 0.25) is 6.04 Å². The third kappa shape index (κ3) is 9.65. The first kappa shape index (κ1) is 25.4. The quantitative estimate of drug-likeness (QED) is 0.687. The van der Waals surface area contributed by atoms with Gasteiger partial charge in [0.05, 0.1) is 6.54 Å². The van der Waals surface area contributed by atoms with Gasteiger partial charge >= 0.3 is 0 Å². The number of ether oxygens (including phenoxy) is 1. The smallest absolute Gasteiger partial charge is 0.237 e. The summed E-state index contributed by atoms with van der Waals surface area (Å²) in [6.45, 7) is 16.3. The van der Waals surface area contributed by atoms with E-state index in [1.165, 1.54) is 43.5 Å². The van der Waals surface area contributed by atoms with Gasteiger partial charge in [0.1, 0.15) is 0 Å². The molecule has 3 aliphatic heterocycles. The highest BCUT2D eigenvalue weighted by Crippen LogP contribution is 2.17. The minimum Gasteiger partial charge on any atom is -0.381 e. The average molecular weight is 449 g/mol. The molecule has 0 saturated carbocycles. The van der Waals surface area contributed by atoms with Crippen molar-refractivity contribution in [1.29, 1.82) is 0 Å². The topological polar surface area (TPSA) is 46.1 Å². The van der Waals surface area contributed by atoms with Crippen LogP contribution in [0.4, 0.5) is 0 Å². The maximum atomic E-state index is 6.97. The molecular weight excluding hydrogens is 408 g/mol. The van der Waals surface area contributed by atoms with Crippen LogP contribution in [0.5, 0.6) is 0 Å². The highest BCUT2D eigenvalue weighted by Gasteiger charge is 2.25. The Balaban J connectivity index is 0.000000154. The second kappa shape index (κ2) is 14.8. The van der Waals surface area contributed by atoms with Crippen molar-refractivity contribution in [3.63, 3.8) is 0 Å². The molecule has 0 aromatic heterocycles. The molecule has 3 aliphatic rings. The van der Waals surface area contributed by atoms with Gasteiger partial charge in [-0.3, -0.25) is 9.80 Å². The van der Waals surface area contributed by atoms with Crippen molar-refractivity contribution in [2.75, 3.05) is 45.9 Å². The summed E-state index contributed by atoms with van der Waals surface area (Å²) < 4.78 is 4.94. The molecule has 0 aliphatic carbocycles. The Morgan fingerprint density at radius 1 is 0.818 bits per heavy atom. The monoisotopic (exact) mass is 448 g/mol. The van der Waals surface area contributed by atoms with Crippen molar-refractivity contribution in [3.05, 3.63) is 83.2 Å². The molecule has 0 radical (unpaired) electrons. The van der Waals surface area contributed by atoms with Gasteiger partial charge in [0, 0.05) is 45.8 Å². The third-order valence-electron chi connectivity index (χ3n) is 6.46. The van der Waals surface area contributed by atoms with Gasteiger partial charge in [0.15, 0.2) is 0 Å². The predicted molar refractivity (Wildman–Crippen MR) is 136 cm³/mol. The van der Waals surface area contributed by atoms with Crippen molar-refractivity contribution >= 4 is 0 Å². The molecule has 2 aromatic rings. The number of likely N-dealkylation sites (tertiary alicyclic amines) is 2. The summed E-state index contributed by atoms with van der Waals surface area (Å²) in [7, 11) is 0.